The first-order valence-corrected chi connectivity index (χ1v) is 9.45. The standard InChI is InChI=1S/C23H26N2O3/c1-5-10-19(24-21(15(2)3)23(26)27-4)16-11-6-7-12-17(16)22-18-13-8-9-14-20(18)28-25-22/h5-9,11-15,19,21,24H,1,10H2,2-4H3/t19?,21-/m0/s1. The molecule has 0 saturated heterocycles. The van der Waals surface area contributed by atoms with E-state index in [1.807, 2.05) is 62.4 Å². The summed E-state index contributed by atoms with van der Waals surface area (Å²) in [5.41, 5.74) is 3.55. The van der Waals surface area contributed by atoms with Crippen LogP contribution in [-0.2, 0) is 9.53 Å². The molecule has 146 valence electrons. The van der Waals surface area contributed by atoms with Gasteiger partial charge in [0.15, 0.2) is 5.58 Å². The van der Waals surface area contributed by atoms with Crippen LogP contribution in [0.5, 0.6) is 0 Å². The van der Waals surface area contributed by atoms with Gasteiger partial charge in [-0.15, -0.1) is 6.58 Å². The molecule has 0 saturated carbocycles. The highest BCUT2D eigenvalue weighted by atomic mass is 16.5. The number of para-hydroxylation sites is 1. The van der Waals surface area contributed by atoms with Gasteiger partial charge in [-0.25, -0.2) is 0 Å². The van der Waals surface area contributed by atoms with E-state index in [-0.39, 0.29) is 17.9 Å². The molecule has 5 nitrogen and oxygen atoms in total. The summed E-state index contributed by atoms with van der Waals surface area (Å²) in [7, 11) is 1.41. The number of aromatic nitrogens is 1. The van der Waals surface area contributed by atoms with Crippen LogP contribution in [0.1, 0.15) is 31.9 Å². The van der Waals surface area contributed by atoms with Crippen molar-refractivity contribution in [1.82, 2.24) is 10.5 Å². The largest absolute Gasteiger partial charge is 0.468 e. The van der Waals surface area contributed by atoms with E-state index in [4.69, 9.17) is 9.26 Å². The number of carbonyl (C=O) groups is 1. The molecule has 5 heteroatoms. The third kappa shape index (κ3) is 3.99. The minimum Gasteiger partial charge on any atom is -0.468 e. The highest BCUT2D eigenvalue weighted by Crippen LogP contribution is 2.34. The molecule has 1 aromatic heterocycles. The zero-order chi connectivity index (χ0) is 20.1. The maximum Gasteiger partial charge on any atom is 0.323 e. The molecule has 0 amide bonds. The fourth-order valence-electron chi connectivity index (χ4n) is 3.42. The van der Waals surface area contributed by atoms with Gasteiger partial charge in [0.25, 0.3) is 0 Å². The number of esters is 1. The summed E-state index contributed by atoms with van der Waals surface area (Å²) in [6, 6.07) is 15.3. The average Bonchev–Trinajstić information content (AvgIpc) is 3.14. The van der Waals surface area contributed by atoms with Crippen molar-refractivity contribution in [3.05, 3.63) is 66.7 Å². The Morgan fingerprint density at radius 2 is 1.93 bits per heavy atom. The van der Waals surface area contributed by atoms with Crippen molar-refractivity contribution >= 4 is 16.9 Å². The predicted octanol–water partition coefficient (Wildman–Crippen LogP) is 4.90. The van der Waals surface area contributed by atoms with Crippen molar-refractivity contribution in [1.29, 1.82) is 0 Å². The Balaban J connectivity index is 2.05. The van der Waals surface area contributed by atoms with E-state index in [0.717, 1.165) is 27.8 Å². The topological polar surface area (TPSA) is 64.4 Å². The van der Waals surface area contributed by atoms with Gasteiger partial charge in [0, 0.05) is 17.0 Å². The number of benzene rings is 2. The third-order valence-corrected chi connectivity index (χ3v) is 4.87. The molecule has 0 aliphatic carbocycles. The smallest absolute Gasteiger partial charge is 0.323 e. The predicted molar refractivity (Wildman–Crippen MR) is 111 cm³/mol. The van der Waals surface area contributed by atoms with Gasteiger partial charge >= 0.3 is 5.97 Å². The van der Waals surface area contributed by atoms with Gasteiger partial charge < -0.3 is 9.26 Å². The Kier molecular flexibility index (Phi) is 6.26. The summed E-state index contributed by atoms with van der Waals surface area (Å²) in [6.45, 7) is 7.89. The molecule has 0 fully saturated rings. The number of ether oxygens (including phenoxy) is 1. The molecular weight excluding hydrogens is 352 g/mol. The summed E-state index contributed by atoms with van der Waals surface area (Å²) >= 11 is 0. The van der Waals surface area contributed by atoms with E-state index in [9.17, 15) is 4.79 Å². The zero-order valence-corrected chi connectivity index (χ0v) is 16.5. The number of methoxy groups -OCH3 is 1. The lowest BCUT2D eigenvalue weighted by atomic mass is 9.93. The van der Waals surface area contributed by atoms with Crippen LogP contribution in [0.15, 0.2) is 65.7 Å². The van der Waals surface area contributed by atoms with Crippen molar-refractivity contribution in [2.24, 2.45) is 5.92 Å². The first kappa shape index (κ1) is 19.8. The highest BCUT2D eigenvalue weighted by Gasteiger charge is 2.28. The van der Waals surface area contributed by atoms with Crippen LogP contribution < -0.4 is 5.32 Å². The maximum atomic E-state index is 12.3. The molecular formula is C23H26N2O3. The quantitative estimate of drug-likeness (QED) is 0.446. The second kappa shape index (κ2) is 8.85. The Labute approximate surface area is 165 Å². The van der Waals surface area contributed by atoms with Crippen LogP contribution in [0.4, 0.5) is 0 Å². The van der Waals surface area contributed by atoms with Crippen LogP contribution in [0.3, 0.4) is 0 Å². The number of nitrogens with zero attached hydrogens (tertiary/aromatic N) is 1. The van der Waals surface area contributed by atoms with Crippen LogP contribution in [0, 0.1) is 5.92 Å². The van der Waals surface area contributed by atoms with Crippen molar-refractivity contribution in [3.63, 3.8) is 0 Å². The molecule has 0 radical (unpaired) electrons. The summed E-state index contributed by atoms with van der Waals surface area (Å²) in [4.78, 5) is 12.3. The Hall–Kier alpha value is -2.92. The molecule has 0 aliphatic rings. The van der Waals surface area contributed by atoms with E-state index >= 15 is 0 Å². The van der Waals surface area contributed by atoms with Gasteiger partial charge in [0.2, 0.25) is 0 Å². The summed E-state index contributed by atoms with van der Waals surface area (Å²) < 4.78 is 10.5. The molecule has 0 aliphatic heterocycles. The van der Waals surface area contributed by atoms with Gasteiger partial charge in [-0.1, -0.05) is 61.5 Å². The average molecular weight is 378 g/mol. The number of hydrogen-bond acceptors (Lipinski definition) is 5. The minimum atomic E-state index is -0.419. The summed E-state index contributed by atoms with van der Waals surface area (Å²) in [5, 5.41) is 8.74. The number of hydrogen-bond donors (Lipinski definition) is 1. The van der Waals surface area contributed by atoms with E-state index in [0.29, 0.717) is 6.42 Å². The number of carbonyl (C=O) groups excluding carboxylic acids is 1. The molecule has 1 N–H and O–H groups in total. The molecule has 0 spiro atoms. The Bertz CT molecular complexity index is 961. The lowest BCUT2D eigenvalue weighted by Crippen LogP contribution is -2.43. The monoisotopic (exact) mass is 378 g/mol. The molecule has 3 aromatic rings. The van der Waals surface area contributed by atoms with E-state index < -0.39 is 6.04 Å². The van der Waals surface area contributed by atoms with Crippen molar-refractivity contribution in [2.45, 2.75) is 32.4 Å². The van der Waals surface area contributed by atoms with Gasteiger partial charge in [0.1, 0.15) is 11.7 Å². The van der Waals surface area contributed by atoms with Crippen LogP contribution in [0.2, 0.25) is 0 Å². The van der Waals surface area contributed by atoms with Crippen molar-refractivity contribution in [2.75, 3.05) is 7.11 Å². The van der Waals surface area contributed by atoms with Crippen LogP contribution in [0.25, 0.3) is 22.2 Å². The lowest BCUT2D eigenvalue weighted by molar-refractivity contribution is -0.144. The number of rotatable bonds is 8. The number of fused-ring (bicyclic) bond motifs is 1. The minimum absolute atomic E-state index is 0.0832. The lowest BCUT2D eigenvalue weighted by Gasteiger charge is -2.27. The van der Waals surface area contributed by atoms with Crippen LogP contribution >= 0.6 is 0 Å². The first-order chi connectivity index (χ1) is 13.6. The summed E-state index contributed by atoms with van der Waals surface area (Å²) in [5.74, 6) is -0.187. The van der Waals surface area contributed by atoms with Crippen LogP contribution in [-0.4, -0.2) is 24.3 Å². The third-order valence-electron chi connectivity index (χ3n) is 4.87. The van der Waals surface area contributed by atoms with Gasteiger partial charge in [0.05, 0.1) is 7.11 Å². The highest BCUT2D eigenvalue weighted by molar-refractivity contribution is 5.92. The van der Waals surface area contributed by atoms with Crippen molar-refractivity contribution < 1.29 is 14.1 Å². The SMILES string of the molecule is C=CCC(N[C@H](C(=O)OC)C(C)C)c1ccccc1-c1noc2ccccc12. The Morgan fingerprint density at radius 1 is 1.21 bits per heavy atom. The normalized spacial score (nSPS) is 13.4. The zero-order valence-electron chi connectivity index (χ0n) is 16.5. The molecule has 2 aromatic carbocycles. The maximum absolute atomic E-state index is 12.3. The second-order valence-corrected chi connectivity index (χ2v) is 7.10. The van der Waals surface area contributed by atoms with Gasteiger partial charge in [-0.2, -0.15) is 0 Å². The molecule has 1 heterocycles. The number of nitrogens with one attached hydrogen (secondary N) is 1. The summed E-state index contributed by atoms with van der Waals surface area (Å²) in [6.07, 6.45) is 2.51. The van der Waals surface area contributed by atoms with E-state index in [1.54, 1.807) is 0 Å². The fourth-order valence-corrected chi connectivity index (χ4v) is 3.42. The van der Waals surface area contributed by atoms with Crippen molar-refractivity contribution in [3.8, 4) is 11.3 Å². The van der Waals surface area contributed by atoms with Gasteiger partial charge in [-0.3, -0.25) is 10.1 Å². The molecule has 3 rings (SSSR count). The molecule has 0 bridgehead atoms. The van der Waals surface area contributed by atoms with Gasteiger partial charge in [-0.05, 0) is 30.0 Å². The molecule has 1 unspecified atom stereocenters. The molecule has 2 atom stereocenters. The van der Waals surface area contributed by atoms with E-state index in [2.05, 4.69) is 23.1 Å². The van der Waals surface area contributed by atoms with E-state index in [1.165, 1.54) is 7.11 Å². The fraction of sp³-hybridized carbons (Fsp3) is 0.304. The second-order valence-electron chi connectivity index (χ2n) is 7.10. The first-order valence-electron chi connectivity index (χ1n) is 9.45. The molecule has 28 heavy (non-hydrogen) atoms. The Morgan fingerprint density at radius 3 is 2.64 bits per heavy atom.